The van der Waals surface area contributed by atoms with E-state index >= 15 is 0 Å². The van der Waals surface area contributed by atoms with Crippen LogP contribution in [0, 0.1) is 6.92 Å². The summed E-state index contributed by atoms with van der Waals surface area (Å²) < 4.78 is 0. The molecule has 1 unspecified atom stereocenters. The number of aromatic nitrogens is 1. The van der Waals surface area contributed by atoms with E-state index in [1.165, 1.54) is 43.5 Å². The molecule has 1 aromatic rings. The van der Waals surface area contributed by atoms with Crippen LogP contribution in [0.25, 0.3) is 0 Å². The molecule has 0 radical (unpaired) electrons. The Labute approximate surface area is 109 Å². The molecule has 1 saturated carbocycles. The topological polar surface area (TPSA) is 24.9 Å². The van der Waals surface area contributed by atoms with Crippen LogP contribution in [-0.4, -0.2) is 11.0 Å². The minimum Gasteiger partial charge on any atom is -0.303 e. The highest BCUT2D eigenvalue weighted by atomic mass is 32.1. The first-order valence-corrected chi connectivity index (χ1v) is 7.72. The zero-order valence-electron chi connectivity index (χ0n) is 11.3. The van der Waals surface area contributed by atoms with E-state index in [1.807, 2.05) is 11.3 Å². The highest BCUT2D eigenvalue weighted by Gasteiger charge is 2.35. The van der Waals surface area contributed by atoms with Crippen LogP contribution in [0.2, 0.25) is 0 Å². The molecule has 0 aromatic carbocycles. The van der Waals surface area contributed by atoms with Gasteiger partial charge in [0, 0.05) is 17.1 Å². The van der Waals surface area contributed by atoms with Crippen LogP contribution in [0.4, 0.5) is 0 Å². The van der Waals surface area contributed by atoms with E-state index in [0.717, 1.165) is 11.7 Å². The summed E-state index contributed by atoms with van der Waals surface area (Å²) in [6.45, 7) is 6.68. The number of thiazole rings is 1. The van der Waals surface area contributed by atoms with E-state index in [9.17, 15) is 0 Å². The van der Waals surface area contributed by atoms with Gasteiger partial charge in [0.2, 0.25) is 0 Å². The second kappa shape index (κ2) is 5.49. The molecule has 0 amide bonds. The summed E-state index contributed by atoms with van der Waals surface area (Å²) in [7, 11) is 0. The minimum absolute atomic E-state index is 0.106. The van der Waals surface area contributed by atoms with Gasteiger partial charge in [-0.3, -0.25) is 0 Å². The Kier molecular flexibility index (Phi) is 4.21. The number of nitrogens with one attached hydrogen (secondary N) is 1. The standard InChI is InChI=1S/C14H24N2S/c1-4-5-6-9-14(3,16-12-7-8-12)13-15-11(2)10-17-13/h10,12,16H,4-9H2,1-3H3. The summed E-state index contributed by atoms with van der Waals surface area (Å²) in [5, 5.41) is 7.25. The summed E-state index contributed by atoms with van der Waals surface area (Å²) >= 11 is 1.81. The Bertz CT molecular complexity index is 357. The smallest absolute Gasteiger partial charge is 0.113 e. The molecule has 17 heavy (non-hydrogen) atoms. The van der Waals surface area contributed by atoms with E-state index in [0.29, 0.717) is 0 Å². The molecule has 0 bridgehead atoms. The Morgan fingerprint density at radius 3 is 2.76 bits per heavy atom. The van der Waals surface area contributed by atoms with E-state index < -0.39 is 0 Å². The summed E-state index contributed by atoms with van der Waals surface area (Å²) in [5.74, 6) is 0. The van der Waals surface area contributed by atoms with Gasteiger partial charge < -0.3 is 5.32 Å². The molecule has 1 fully saturated rings. The number of hydrogen-bond acceptors (Lipinski definition) is 3. The van der Waals surface area contributed by atoms with Gasteiger partial charge in [-0.15, -0.1) is 11.3 Å². The van der Waals surface area contributed by atoms with Crippen molar-refractivity contribution >= 4 is 11.3 Å². The van der Waals surface area contributed by atoms with Gasteiger partial charge in [0.1, 0.15) is 5.01 Å². The van der Waals surface area contributed by atoms with Gasteiger partial charge in [-0.2, -0.15) is 0 Å². The van der Waals surface area contributed by atoms with Gasteiger partial charge in [0.05, 0.1) is 5.54 Å². The first-order chi connectivity index (χ1) is 8.14. The Morgan fingerprint density at radius 1 is 1.47 bits per heavy atom. The molecule has 1 aliphatic rings. The van der Waals surface area contributed by atoms with Gasteiger partial charge in [0.25, 0.3) is 0 Å². The van der Waals surface area contributed by atoms with Crippen LogP contribution < -0.4 is 5.32 Å². The molecule has 2 rings (SSSR count). The van der Waals surface area contributed by atoms with E-state index in [4.69, 9.17) is 4.98 Å². The van der Waals surface area contributed by atoms with Gasteiger partial charge in [0.15, 0.2) is 0 Å². The van der Waals surface area contributed by atoms with E-state index in [2.05, 4.69) is 31.5 Å². The molecule has 0 spiro atoms. The van der Waals surface area contributed by atoms with Crippen LogP contribution >= 0.6 is 11.3 Å². The molecular formula is C14H24N2S. The molecule has 96 valence electrons. The number of nitrogens with zero attached hydrogens (tertiary/aromatic N) is 1. The Morgan fingerprint density at radius 2 is 2.24 bits per heavy atom. The van der Waals surface area contributed by atoms with Crippen molar-refractivity contribution in [2.24, 2.45) is 0 Å². The third kappa shape index (κ3) is 3.52. The molecule has 1 aromatic heterocycles. The molecular weight excluding hydrogens is 228 g/mol. The summed E-state index contributed by atoms with van der Waals surface area (Å²) in [6.07, 6.45) is 7.81. The monoisotopic (exact) mass is 252 g/mol. The highest BCUT2D eigenvalue weighted by molar-refractivity contribution is 7.09. The summed E-state index contributed by atoms with van der Waals surface area (Å²) in [6, 6.07) is 0.742. The van der Waals surface area contributed by atoms with Gasteiger partial charge in [-0.25, -0.2) is 4.98 Å². The molecule has 3 heteroatoms. The van der Waals surface area contributed by atoms with Crippen LogP contribution in [-0.2, 0) is 5.54 Å². The molecule has 1 heterocycles. The van der Waals surface area contributed by atoms with Crippen LogP contribution in [0.1, 0.15) is 63.1 Å². The fraction of sp³-hybridized carbons (Fsp3) is 0.786. The van der Waals surface area contributed by atoms with Crippen molar-refractivity contribution in [3.63, 3.8) is 0 Å². The minimum atomic E-state index is 0.106. The molecule has 1 atom stereocenters. The average molecular weight is 252 g/mol. The SMILES string of the molecule is CCCCCC(C)(NC1CC1)c1nc(C)cs1. The van der Waals surface area contributed by atoms with Crippen molar-refractivity contribution in [2.75, 3.05) is 0 Å². The van der Waals surface area contributed by atoms with Gasteiger partial charge in [-0.05, 0) is 33.1 Å². The lowest BCUT2D eigenvalue weighted by atomic mass is 9.94. The Balaban J connectivity index is 2.04. The number of rotatable bonds is 7. The van der Waals surface area contributed by atoms with Crippen LogP contribution in [0.3, 0.4) is 0 Å². The maximum Gasteiger partial charge on any atom is 0.113 e. The lowest BCUT2D eigenvalue weighted by Gasteiger charge is -2.29. The lowest BCUT2D eigenvalue weighted by molar-refractivity contribution is 0.322. The predicted molar refractivity (Wildman–Crippen MR) is 74.5 cm³/mol. The molecule has 1 aliphatic carbocycles. The summed E-state index contributed by atoms with van der Waals surface area (Å²) in [5.41, 5.74) is 1.26. The highest BCUT2D eigenvalue weighted by Crippen LogP contribution is 2.34. The van der Waals surface area contributed by atoms with Crippen LogP contribution in [0.5, 0.6) is 0 Å². The largest absolute Gasteiger partial charge is 0.303 e. The van der Waals surface area contributed by atoms with Crippen molar-refractivity contribution < 1.29 is 0 Å². The fourth-order valence-electron chi connectivity index (χ4n) is 2.25. The molecule has 1 N–H and O–H groups in total. The quantitative estimate of drug-likeness (QED) is 0.742. The van der Waals surface area contributed by atoms with E-state index in [-0.39, 0.29) is 5.54 Å². The normalized spacial score (nSPS) is 19.2. The number of unbranched alkanes of at least 4 members (excludes halogenated alkanes) is 2. The maximum atomic E-state index is 4.70. The van der Waals surface area contributed by atoms with Crippen molar-refractivity contribution in [2.45, 2.75) is 70.9 Å². The first-order valence-electron chi connectivity index (χ1n) is 6.84. The van der Waals surface area contributed by atoms with Gasteiger partial charge in [-0.1, -0.05) is 26.2 Å². The lowest BCUT2D eigenvalue weighted by Crippen LogP contribution is -2.41. The van der Waals surface area contributed by atoms with Crippen molar-refractivity contribution in [3.05, 3.63) is 16.1 Å². The van der Waals surface area contributed by atoms with Gasteiger partial charge >= 0.3 is 0 Å². The average Bonchev–Trinajstić information content (AvgIpc) is 2.97. The summed E-state index contributed by atoms with van der Waals surface area (Å²) in [4.78, 5) is 4.70. The maximum absolute atomic E-state index is 4.70. The van der Waals surface area contributed by atoms with Crippen molar-refractivity contribution in [1.29, 1.82) is 0 Å². The number of aryl methyl sites for hydroxylation is 1. The Hall–Kier alpha value is -0.410. The second-order valence-corrected chi connectivity index (χ2v) is 6.36. The van der Waals surface area contributed by atoms with Crippen molar-refractivity contribution in [3.8, 4) is 0 Å². The fourth-order valence-corrected chi connectivity index (χ4v) is 3.21. The first kappa shape index (κ1) is 13.0. The predicted octanol–water partition coefficient (Wildman–Crippen LogP) is 4.00. The van der Waals surface area contributed by atoms with E-state index in [1.54, 1.807) is 0 Å². The molecule has 0 saturated heterocycles. The number of hydrogen-bond donors (Lipinski definition) is 1. The van der Waals surface area contributed by atoms with Crippen molar-refractivity contribution in [1.82, 2.24) is 10.3 Å². The third-order valence-electron chi connectivity index (χ3n) is 3.47. The van der Waals surface area contributed by atoms with Crippen LogP contribution in [0.15, 0.2) is 5.38 Å². The zero-order chi connectivity index (χ0) is 12.3. The second-order valence-electron chi connectivity index (χ2n) is 5.50. The molecule has 0 aliphatic heterocycles. The third-order valence-corrected chi connectivity index (χ3v) is 4.70. The zero-order valence-corrected chi connectivity index (χ0v) is 12.1. The molecule has 2 nitrogen and oxygen atoms in total.